The lowest BCUT2D eigenvalue weighted by Gasteiger charge is -2.24. The monoisotopic (exact) mass is 534 g/mol. The van der Waals surface area contributed by atoms with Gasteiger partial charge in [0.1, 0.15) is 41.6 Å². The van der Waals surface area contributed by atoms with Gasteiger partial charge in [-0.15, -0.1) is 0 Å². The van der Waals surface area contributed by atoms with Crippen molar-refractivity contribution in [1.29, 1.82) is 5.41 Å². The number of aliphatic imine (C=N–C) groups is 1. The van der Waals surface area contributed by atoms with Crippen molar-refractivity contribution in [3.63, 3.8) is 0 Å². The molecule has 3 unspecified atom stereocenters. The van der Waals surface area contributed by atoms with Crippen LogP contribution in [-0.4, -0.2) is 50.4 Å². The van der Waals surface area contributed by atoms with E-state index in [-0.39, 0.29) is 11.9 Å². The van der Waals surface area contributed by atoms with E-state index in [9.17, 15) is 0 Å². The first-order valence-electron chi connectivity index (χ1n) is 12.1. The normalized spacial score (nSPS) is 20.6. The molecule has 10 heteroatoms. The van der Waals surface area contributed by atoms with Crippen LogP contribution in [0, 0.1) is 5.41 Å². The van der Waals surface area contributed by atoms with E-state index < -0.39 is 10.7 Å². The standard InChI is InChI=1S/C28H30N4O5S/c1-33-22-13-19(14-23(34-2)24(22)35-3)32-26(29)25(38-28(32)30)27-31-21(16-37-27)18-10-7-11-20(12-18)36-15-17-8-5-4-6-9-17/h4-14,21,25,28-29H,15-16,30H2,1-3H3. The second kappa shape index (κ2) is 11.2. The van der Waals surface area contributed by atoms with Gasteiger partial charge in [-0.2, -0.15) is 0 Å². The van der Waals surface area contributed by atoms with E-state index in [1.807, 2.05) is 54.6 Å². The van der Waals surface area contributed by atoms with E-state index in [4.69, 9.17) is 39.8 Å². The highest BCUT2D eigenvalue weighted by Gasteiger charge is 2.43. The maximum Gasteiger partial charge on any atom is 0.205 e. The van der Waals surface area contributed by atoms with E-state index in [1.165, 1.54) is 11.8 Å². The maximum absolute atomic E-state index is 8.92. The van der Waals surface area contributed by atoms with Crippen LogP contribution in [0.2, 0.25) is 0 Å². The number of nitrogens with one attached hydrogen (secondary N) is 1. The number of hydrogen-bond donors (Lipinski definition) is 2. The lowest BCUT2D eigenvalue weighted by Crippen LogP contribution is -2.40. The van der Waals surface area contributed by atoms with Gasteiger partial charge in [0.15, 0.2) is 11.5 Å². The van der Waals surface area contributed by atoms with Crippen LogP contribution in [0.4, 0.5) is 5.69 Å². The Kier molecular flexibility index (Phi) is 7.62. The van der Waals surface area contributed by atoms with Gasteiger partial charge >= 0.3 is 0 Å². The van der Waals surface area contributed by atoms with Crippen LogP contribution in [0.5, 0.6) is 23.0 Å². The molecule has 2 heterocycles. The summed E-state index contributed by atoms with van der Waals surface area (Å²) in [5, 5.41) is 8.48. The predicted molar refractivity (Wildman–Crippen MR) is 149 cm³/mol. The second-order valence-electron chi connectivity index (χ2n) is 8.69. The molecule has 0 radical (unpaired) electrons. The third-order valence-corrected chi connectivity index (χ3v) is 7.54. The number of anilines is 1. The zero-order chi connectivity index (χ0) is 26.6. The molecule has 0 saturated carbocycles. The molecular weight excluding hydrogens is 504 g/mol. The molecule has 1 saturated heterocycles. The first kappa shape index (κ1) is 25.7. The number of thioether (sulfide) groups is 1. The number of rotatable bonds is 9. The summed E-state index contributed by atoms with van der Waals surface area (Å²) in [4.78, 5) is 6.55. The Balaban J connectivity index is 1.32. The zero-order valence-electron chi connectivity index (χ0n) is 21.4. The Labute approximate surface area is 226 Å². The quantitative estimate of drug-likeness (QED) is 0.410. The van der Waals surface area contributed by atoms with Gasteiger partial charge in [0, 0.05) is 12.1 Å². The van der Waals surface area contributed by atoms with Gasteiger partial charge < -0.3 is 34.3 Å². The van der Waals surface area contributed by atoms with E-state index in [1.54, 1.807) is 38.4 Å². The minimum atomic E-state index is -0.518. The summed E-state index contributed by atoms with van der Waals surface area (Å²) in [6.45, 7) is 0.881. The van der Waals surface area contributed by atoms with E-state index in [0.717, 1.165) is 16.9 Å². The van der Waals surface area contributed by atoms with Crippen LogP contribution < -0.4 is 29.6 Å². The van der Waals surface area contributed by atoms with Gasteiger partial charge in [0.25, 0.3) is 0 Å². The topological polar surface area (TPSA) is 112 Å². The highest BCUT2D eigenvalue weighted by molar-refractivity contribution is 8.02. The van der Waals surface area contributed by atoms with Gasteiger partial charge in [-0.05, 0) is 23.3 Å². The number of amidine groups is 1. The van der Waals surface area contributed by atoms with Gasteiger partial charge in [0.05, 0.1) is 27.0 Å². The fraction of sp³-hybridized carbons (Fsp3) is 0.286. The predicted octanol–water partition coefficient (Wildman–Crippen LogP) is 4.60. The first-order valence-corrected chi connectivity index (χ1v) is 13.0. The molecule has 3 aromatic carbocycles. The third kappa shape index (κ3) is 5.09. The largest absolute Gasteiger partial charge is 0.493 e. The average molecular weight is 535 g/mol. The molecule has 0 aromatic heterocycles. The van der Waals surface area contributed by atoms with Gasteiger partial charge in [0.2, 0.25) is 11.6 Å². The molecule has 198 valence electrons. The average Bonchev–Trinajstić information content (AvgIpc) is 3.56. The number of ether oxygens (including phenoxy) is 5. The summed E-state index contributed by atoms with van der Waals surface area (Å²) in [6, 6.07) is 21.3. The number of hydrogen-bond acceptors (Lipinski definition) is 9. The van der Waals surface area contributed by atoms with Crippen LogP contribution in [0.1, 0.15) is 17.2 Å². The van der Waals surface area contributed by atoms with E-state index in [2.05, 4.69) is 0 Å². The molecule has 0 spiro atoms. The van der Waals surface area contributed by atoms with Crippen molar-refractivity contribution in [2.24, 2.45) is 10.7 Å². The van der Waals surface area contributed by atoms with E-state index >= 15 is 0 Å². The Bertz CT molecular complexity index is 1310. The van der Waals surface area contributed by atoms with Crippen LogP contribution in [0.15, 0.2) is 71.7 Å². The number of methoxy groups -OCH3 is 3. The number of benzene rings is 3. The molecule has 2 aliphatic rings. The Morgan fingerprint density at radius 3 is 2.42 bits per heavy atom. The molecule has 5 rings (SSSR count). The smallest absolute Gasteiger partial charge is 0.205 e. The minimum Gasteiger partial charge on any atom is -0.493 e. The lowest BCUT2D eigenvalue weighted by atomic mass is 10.1. The summed E-state index contributed by atoms with van der Waals surface area (Å²) >= 11 is 1.40. The minimum absolute atomic E-state index is 0.190. The fourth-order valence-electron chi connectivity index (χ4n) is 4.45. The highest BCUT2D eigenvalue weighted by Crippen LogP contribution is 2.44. The SMILES string of the molecule is COc1cc(N2C(=N)C(C3=NC(c4cccc(OCc5ccccc5)c4)CO3)SC2N)cc(OC)c1OC. The molecule has 38 heavy (non-hydrogen) atoms. The molecule has 0 aliphatic carbocycles. The van der Waals surface area contributed by atoms with Crippen molar-refractivity contribution < 1.29 is 23.7 Å². The van der Waals surface area contributed by atoms with E-state index in [0.29, 0.717) is 42.0 Å². The zero-order valence-corrected chi connectivity index (χ0v) is 22.2. The summed E-state index contributed by atoms with van der Waals surface area (Å²) in [5.74, 6) is 2.98. The van der Waals surface area contributed by atoms with Crippen LogP contribution in [0.25, 0.3) is 0 Å². The number of nitrogens with two attached hydrogens (primary N) is 1. The first-order chi connectivity index (χ1) is 18.5. The Hall–Kier alpha value is -3.89. The van der Waals surface area contributed by atoms with Gasteiger partial charge in [-0.3, -0.25) is 5.41 Å². The van der Waals surface area contributed by atoms with Crippen molar-refractivity contribution in [3.8, 4) is 23.0 Å². The van der Waals surface area contributed by atoms with Gasteiger partial charge in [-0.1, -0.05) is 54.2 Å². The molecule has 3 aromatic rings. The van der Waals surface area contributed by atoms with Crippen LogP contribution >= 0.6 is 11.8 Å². The Morgan fingerprint density at radius 2 is 1.74 bits per heavy atom. The summed E-state index contributed by atoms with van der Waals surface area (Å²) < 4.78 is 28.4. The van der Waals surface area contributed by atoms with Crippen molar-refractivity contribution >= 4 is 29.2 Å². The number of nitrogens with zero attached hydrogens (tertiary/aromatic N) is 2. The third-order valence-electron chi connectivity index (χ3n) is 6.35. The summed E-state index contributed by atoms with van der Waals surface area (Å²) in [6.07, 6.45) is 0. The Morgan fingerprint density at radius 1 is 1.00 bits per heavy atom. The van der Waals surface area contributed by atoms with Crippen molar-refractivity contribution in [2.75, 3.05) is 32.8 Å². The molecule has 3 atom stereocenters. The van der Waals surface area contributed by atoms with Crippen molar-refractivity contribution in [1.82, 2.24) is 0 Å². The molecule has 0 amide bonds. The molecule has 3 N–H and O–H groups in total. The molecular formula is C28H30N4O5S. The van der Waals surface area contributed by atoms with Crippen LogP contribution in [-0.2, 0) is 11.3 Å². The van der Waals surface area contributed by atoms with Crippen LogP contribution in [0.3, 0.4) is 0 Å². The van der Waals surface area contributed by atoms with Crippen molar-refractivity contribution in [3.05, 3.63) is 77.9 Å². The van der Waals surface area contributed by atoms with Gasteiger partial charge in [-0.25, -0.2) is 4.99 Å². The summed E-state index contributed by atoms with van der Waals surface area (Å²) in [5.41, 5.74) is 8.70. The van der Waals surface area contributed by atoms with Crippen molar-refractivity contribution in [2.45, 2.75) is 23.4 Å². The molecule has 1 fully saturated rings. The summed E-state index contributed by atoms with van der Waals surface area (Å²) in [7, 11) is 4.65. The fourth-order valence-corrected chi connectivity index (χ4v) is 5.58. The highest BCUT2D eigenvalue weighted by atomic mass is 32.2. The lowest BCUT2D eigenvalue weighted by molar-refractivity contribution is 0.303. The molecule has 0 bridgehead atoms. The molecule has 9 nitrogen and oxygen atoms in total. The second-order valence-corrected chi connectivity index (χ2v) is 9.91. The maximum atomic E-state index is 8.92. The molecule has 2 aliphatic heterocycles.